The quantitative estimate of drug-likeness (QED) is 0.757. The van der Waals surface area contributed by atoms with Crippen LogP contribution in [0, 0.1) is 5.82 Å². The number of para-hydroxylation sites is 1. The predicted molar refractivity (Wildman–Crippen MR) is 95.9 cm³/mol. The highest BCUT2D eigenvalue weighted by Crippen LogP contribution is 2.22. The van der Waals surface area contributed by atoms with Crippen molar-refractivity contribution in [2.45, 2.75) is 0 Å². The number of amides is 1. The second-order valence-corrected chi connectivity index (χ2v) is 5.65. The van der Waals surface area contributed by atoms with Crippen LogP contribution in [0.25, 0.3) is 0 Å². The molecule has 0 saturated heterocycles. The van der Waals surface area contributed by atoms with Gasteiger partial charge in [0.1, 0.15) is 17.3 Å². The molecular weight excluding hydrogens is 343 g/mol. The van der Waals surface area contributed by atoms with Crippen LogP contribution in [0.15, 0.2) is 60.9 Å². The van der Waals surface area contributed by atoms with Crippen LogP contribution in [0.4, 0.5) is 21.6 Å². The van der Waals surface area contributed by atoms with Gasteiger partial charge < -0.3 is 10.2 Å². The number of hydrogen-bond acceptors (Lipinski definition) is 4. The normalized spacial score (nSPS) is 10.4. The summed E-state index contributed by atoms with van der Waals surface area (Å²) in [5.74, 6) is -0.347. The molecule has 1 amide bonds. The first-order valence-electron chi connectivity index (χ1n) is 7.42. The second kappa shape index (κ2) is 7.27. The SMILES string of the molecule is CN(C(=O)c1cnc(Nc2ccc(F)c(Cl)c2)cn1)c1ccccc1. The predicted octanol–water partition coefficient (Wildman–Crippen LogP) is 4.29. The fourth-order valence-electron chi connectivity index (χ4n) is 2.17. The maximum absolute atomic E-state index is 13.2. The van der Waals surface area contributed by atoms with E-state index in [-0.39, 0.29) is 16.6 Å². The van der Waals surface area contributed by atoms with Crippen molar-refractivity contribution in [1.82, 2.24) is 9.97 Å². The number of benzene rings is 2. The largest absolute Gasteiger partial charge is 0.339 e. The minimum Gasteiger partial charge on any atom is -0.339 e. The Morgan fingerprint density at radius 1 is 1.12 bits per heavy atom. The van der Waals surface area contributed by atoms with Gasteiger partial charge in [-0.1, -0.05) is 29.8 Å². The van der Waals surface area contributed by atoms with Crippen molar-refractivity contribution >= 4 is 34.7 Å². The lowest BCUT2D eigenvalue weighted by Gasteiger charge is -2.16. The van der Waals surface area contributed by atoms with Crippen LogP contribution < -0.4 is 10.2 Å². The van der Waals surface area contributed by atoms with E-state index in [4.69, 9.17) is 11.6 Å². The summed E-state index contributed by atoms with van der Waals surface area (Å²) < 4.78 is 13.2. The molecule has 0 saturated carbocycles. The number of halogens is 2. The minimum absolute atomic E-state index is 0.00856. The lowest BCUT2D eigenvalue weighted by molar-refractivity contribution is 0.0988. The molecular formula is C18H14ClFN4O. The Labute approximate surface area is 149 Å². The van der Waals surface area contributed by atoms with E-state index in [1.165, 1.54) is 35.5 Å². The van der Waals surface area contributed by atoms with E-state index in [0.717, 1.165) is 5.69 Å². The van der Waals surface area contributed by atoms with Gasteiger partial charge in [-0.3, -0.25) is 4.79 Å². The Kier molecular flexibility index (Phi) is 4.90. The zero-order valence-corrected chi connectivity index (χ0v) is 14.0. The van der Waals surface area contributed by atoms with Gasteiger partial charge in [0, 0.05) is 18.4 Å². The van der Waals surface area contributed by atoms with Gasteiger partial charge in [0.15, 0.2) is 0 Å². The first-order chi connectivity index (χ1) is 12.0. The van der Waals surface area contributed by atoms with Crippen LogP contribution in [0.3, 0.4) is 0 Å². The standard InChI is InChI=1S/C18H14ClFN4O/c1-24(13-5-3-2-4-6-13)18(25)16-10-22-17(11-21-16)23-12-7-8-15(20)14(19)9-12/h2-11H,1H3,(H,22,23). The van der Waals surface area contributed by atoms with Crippen molar-refractivity contribution in [3.8, 4) is 0 Å². The summed E-state index contributed by atoms with van der Waals surface area (Å²) in [5, 5.41) is 2.96. The third kappa shape index (κ3) is 3.92. The van der Waals surface area contributed by atoms with E-state index in [1.807, 2.05) is 30.3 Å². The van der Waals surface area contributed by atoms with Crippen LogP contribution in [0.5, 0.6) is 0 Å². The van der Waals surface area contributed by atoms with Gasteiger partial charge in [-0.05, 0) is 30.3 Å². The summed E-state index contributed by atoms with van der Waals surface area (Å²) >= 11 is 5.74. The van der Waals surface area contributed by atoms with Gasteiger partial charge in [0.2, 0.25) is 0 Å². The van der Waals surface area contributed by atoms with Crippen molar-refractivity contribution in [2.24, 2.45) is 0 Å². The molecule has 2 aromatic carbocycles. The molecule has 0 aliphatic rings. The fraction of sp³-hybridized carbons (Fsp3) is 0.0556. The molecule has 1 aromatic heterocycles. The smallest absolute Gasteiger partial charge is 0.278 e. The van der Waals surface area contributed by atoms with Crippen molar-refractivity contribution in [3.63, 3.8) is 0 Å². The average molecular weight is 357 g/mol. The van der Waals surface area contributed by atoms with Crippen LogP contribution >= 0.6 is 11.6 Å². The molecule has 1 heterocycles. The van der Waals surface area contributed by atoms with E-state index in [0.29, 0.717) is 11.5 Å². The highest BCUT2D eigenvalue weighted by Gasteiger charge is 2.15. The molecule has 5 nitrogen and oxygen atoms in total. The van der Waals surface area contributed by atoms with Crippen LogP contribution in [0.2, 0.25) is 5.02 Å². The van der Waals surface area contributed by atoms with Crippen molar-refractivity contribution in [2.75, 3.05) is 17.3 Å². The maximum atomic E-state index is 13.2. The second-order valence-electron chi connectivity index (χ2n) is 5.24. The van der Waals surface area contributed by atoms with Gasteiger partial charge >= 0.3 is 0 Å². The number of rotatable bonds is 4. The van der Waals surface area contributed by atoms with E-state index >= 15 is 0 Å². The summed E-state index contributed by atoms with van der Waals surface area (Å²) in [6.07, 6.45) is 2.82. The lowest BCUT2D eigenvalue weighted by atomic mass is 10.3. The number of anilines is 3. The molecule has 3 rings (SSSR count). The van der Waals surface area contributed by atoms with Crippen molar-refractivity contribution in [3.05, 3.63) is 77.5 Å². The summed E-state index contributed by atoms with van der Waals surface area (Å²) in [7, 11) is 1.67. The Balaban J connectivity index is 1.73. The van der Waals surface area contributed by atoms with Crippen LogP contribution in [-0.2, 0) is 0 Å². The monoisotopic (exact) mass is 356 g/mol. The molecule has 25 heavy (non-hydrogen) atoms. The molecule has 126 valence electrons. The van der Waals surface area contributed by atoms with Crippen LogP contribution in [0.1, 0.15) is 10.5 Å². The van der Waals surface area contributed by atoms with E-state index in [1.54, 1.807) is 7.05 Å². The highest BCUT2D eigenvalue weighted by atomic mass is 35.5. The molecule has 1 N–H and O–H groups in total. The molecule has 0 unspecified atom stereocenters. The third-order valence-electron chi connectivity index (χ3n) is 3.51. The third-order valence-corrected chi connectivity index (χ3v) is 3.80. The van der Waals surface area contributed by atoms with Gasteiger partial charge in [-0.15, -0.1) is 0 Å². The Bertz CT molecular complexity index is 887. The summed E-state index contributed by atoms with van der Waals surface area (Å²) in [6.45, 7) is 0. The van der Waals surface area contributed by atoms with E-state index in [9.17, 15) is 9.18 Å². The molecule has 0 aliphatic heterocycles. The number of nitrogens with one attached hydrogen (secondary N) is 1. The summed E-state index contributed by atoms with van der Waals surface area (Å²) in [6, 6.07) is 13.5. The minimum atomic E-state index is -0.497. The van der Waals surface area contributed by atoms with Crippen molar-refractivity contribution in [1.29, 1.82) is 0 Å². The number of carbonyl (C=O) groups excluding carboxylic acids is 1. The first-order valence-corrected chi connectivity index (χ1v) is 7.79. The summed E-state index contributed by atoms with van der Waals surface area (Å²) in [5.41, 5.74) is 1.55. The molecule has 3 aromatic rings. The van der Waals surface area contributed by atoms with Gasteiger partial charge in [0.05, 0.1) is 17.4 Å². The maximum Gasteiger partial charge on any atom is 0.278 e. The first kappa shape index (κ1) is 16.9. The van der Waals surface area contributed by atoms with Gasteiger partial charge in [-0.25, -0.2) is 14.4 Å². The lowest BCUT2D eigenvalue weighted by Crippen LogP contribution is -2.27. The molecule has 0 atom stereocenters. The Hall–Kier alpha value is -2.99. The van der Waals surface area contributed by atoms with E-state index in [2.05, 4.69) is 15.3 Å². The molecule has 7 heteroatoms. The molecule has 0 radical (unpaired) electrons. The fourth-order valence-corrected chi connectivity index (χ4v) is 2.35. The molecule has 0 fully saturated rings. The Morgan fingerprint density at radius 3 is 2.52 bits per heavy atom. The number of carbonyl (C=O) groups is 1. The van der Waals surface area contributed by atoms with Gasteiger partial charge in [0.25, 0.3) is 5.91 Å². The Morgan fingerprint density at radius 2 is 1.88 bits per heavy atom. The topological polar surface area (TPSA) is 58.1 Å². The van der Waals surface area contributed by atoms with Gasteiger partial charge in [-0.2, -0.15) is 0 Å². The molecule has 0 aliphatic carbocycles. The zero-order chi connectivity index (χ0) is 17.8. The summed E-state index contributed by atoms with van der Waals surface area (Å²) in [4.78, 5) is 22.2. The molecule has 0 spiro atoms. The number of nitrogens with zero attached hydrogens (tertiary/aromatic N) is 3. The number of hydrogen-bond donors (Lipinski definition) is 1. The highest BCUT2D eigenvalue weighted by molar-refractivity contribution is 6.31. The zero-order valence-electron chi connectivity index (χ0n) is 13.3. The number of aromatic nitrogens is 2. The molecule has 0 bridgehead atoms. The average Bonchev–Trinajstić information content (AvgIpc) is 2.65. The van der Waals surface area contributed by atoms with E-state index < -0.39 is 5.82 Å². The van der Waals surface area contributed by atoms with Crippen LogP contribution in [-0.4, -0.2) is 22.9 Å². The van der Waals surface area contributed by atoms with Crippen molar-refractivity contribution < 1.29 is 9.18 Å².